The van der Waals surface area contributed by atoms with Crippen molar-refractivity contribution in [3.8, 4) is 0 Å². The largest absolute Gasteiger partial charge is 0.458 e. The third-order valence-corrected chi connectivity index (χ3v) is 14.4. The lowest BCUT2D eigenvalue weighted by Crippen LogP contribution is -2.66. The predicted octanol–water partition coefficient (Wildman–Crippen LogP) is 8.21. The van der Waals surface area contributed by atoms with Gasteiger partial charge in [-0.15, -0.1) is 0 Å². The minimum Gasteiger partial charge on any atom is -0.458 e. The molecule has 242 valence electrons. The summed E-state index contributed by atoms with van der Waals surface area (Å²) in [5, 5.41) is 24.0. The molecule has 5 heteroatoms. The van der Waals surface area contributed by atoms with E-state index in [1.165, 1.54) is 0 Å². The molecule has 4 fully saturated rings. The van der Waals surface area contributed by atoms with Crippen molar-refractivity contribution in [2.45, 2.75) is 143 Å². The second-order valence-electron chi connectivity index (χ2n) is 17.3. The molecule has 43 heavy (non-hydrogen) atoms. The number of fused-ring (bicyclic) bond motifs is 5. The Labute approximate surface area is 261 Å². The molecule has 5 rings (SSSR count). The van der Waals surface area contributed by atoms with E-state index in [2.05, 4.69) is 48.5 Å². The van der Waals surface area contributed by atoms with E-state index in [0.717, 1.165) is 64.2 Å². The van der Waals surface area contributed by atoms with Crippen LogP contribution in [0, 0.1) is 45.3 Å². The number of aliphatic hydroxyl groups excluding tert-OH is 1. The highest BCUT2D eigenvalue weighted by Gasteiger charge is 2.71. The number of hydrogen-bond donors (Lipinski definition) is 2. The number of ether oxygens (including phenoxy) is 2. The Morgan fingerprint density at radius 3 is 2.21 bits per heavy atom. The van der Waals surface area contributed by atoms with Crippen LogP contribution in [0.3, 0.4) is 0 Å². The van der Waals surface area contributed by atoms with Crippen LogP contribution in [0.5, 0.6) is 0 Å². The van der Waals surface area contributed by atoms with Crippen molar-refractivity contribution in [3.05, 3.63) is 35.9 Å². The Bertz CT molecular complexity index is 1160. The fourth-order valence-electron chi connectivity index (χ4n) is 11.6. The van der Waals surface area contributed by atoms with Crippen LogP contribution in [0.1, 0.15) is 130 Å². The smallest absolute Gasteiger partial charge is 0.338 e. The lowest BCUT2D eigenvalue weighted by Gasteiger charge is -2.70. The summed E-state index contributed by atoms with van der Waals surface area (Å²) < 4.78 is 11.9. The molecule has 0 amide bonds. The number of rotatable bonds is 8. The molecule has 0 radical (unpaired) electrons. The van der Waals surface area contributed by atoms with Crippen molar-refractivity contribution in [1.82, 2.24) is 0 Å². The zero-order chi connectivity index (χ0) is 31.6. The Kier molecular flexibility index (Phi) is 8.52. The van der Waals surface area contributed by atoms with E-state index in [1.807, 2.05) is 37.3 Å². The van der Waals surface area contributed by atoms with Crippen molar-refractivity contribution < 1.29 is 24.5 Å². The maximum atomic E-state index is 13.1. The summed E-state index contributed by atoms with van der Waals surface area (Å²) in [4.78, 5) is 13.1. The topological polar surface area (TPSA) is 76.0 Å². The molecule has 5 nitrogen and oxygen atoms in total. The monoisotopic (exact) mass is 596 g/mol. The number of benzene rings is 1. The van der Waals surface area contributed by atoms with Crippen molar-refractivity contribution in [3.63, 3.8) is 0 Å². The molecule has 0 spiro atoms. The number of esters is 1. The second kappa shape index (κ2) is 11.1. The van der Waals surface area contributed by atoms with Gasteiger partial charge in [0, 0.05) is 12.5 Å². The summed E-state index contributed by atoms with van der Waals surface area (Å²) in [7, 11) is 1.76. The lowest BCUT2D eigenvalue weighted by atomic mass is 9.35. The van der Waals surface area contributed by atoms with Crippen LogP contribution < -0.4 is 0 Å². The molecule has 0 aliphatic heterocycles. The van der Waals surface area contributed by atoms with Gasteiger partial charge in [0.1, 0.15) is 6.10 Å². The summed E-state index contributed by atoms with van der Waals surface area (Å²) in [5.41, 5.74) is -0.399. The third kappa shape index (κ3) is 5.31. The van der Waals surface area contributed by atoms with Gasteiger partial charge in [0.05, 0.1) is 22.9 Å². The molecule has 10 atom stereocenters. The molecule has 0 unspecified atom stereocenters. The van der Waals surface area contributed by atoms with Gasteiger partial charge >= 0.3 is 5.97 Å². The minimum atomic E-state index is -0.805. The van der Waals surface area contributed by atoms with Crippen molar-refractivity contribution in [1.29, 1.82) is 0 Å². The first kappa shape index (κ1) is 32.9. The lowest BCUT2D eigenvalue weighted by molar-refractivity contribution is -0.246. The molecule has 4 aliphatic rings. The van der Waals surface area contributed by atoms with Gasteiger partial charge in [0.15, 0.2) is 0 Å². The Morgan fingerprint density at radius 1 is 0.907 bits per heavy atom. The molecule has 0 aromatic heterocycles. The van der Waals surface area contributed by atoms with Crippen LogP contribution in [-0.2, 0) is 9.47 Å². The van der Waals surface area contributed by atoms with Crippen molar-refractivity contribution in [2.24, 2.45) is 45.3 Å². The molecule has 4 aliphatic carbocycles. The Hall–Kier alpha value is -1.43. The number of carbonyl (C=O) groups excluding carboxylic acids is 1. The van der Waals surface area contributed by atoms with Gasteiger partial charge in [-0.1, -0.05) is 52.8 Å². The Balaban J connectivity index is 1.36. The number of carbonyl (C=O) groups is 1. The van der Waals surface area contributed by atoms with Crippen LogP contribution in [0.15, 0.2) is 30.3 Å². The van der Waals surface area contributed by atoms with E-state index in [1.54, 1.807) is 7.11 Å². The molecule has 2 N–H and O–H groups in total. The van der Waals surface area contributed by atoms with Gasteiger partial charge in [-0.25, -0.2) is 4.79 Å². The average Bonchev–Trinajstić information content (AvgIpc) is 3.33. The quantitative estimate of drug-likeness (QED) is 0.296. The van der Waals surface area contributed by atoms with Gasteiger partial charge in [0.2, 0.25) is 0 Å². The highest BCUT2D eigenvalue weighted by molar-refractivity contribution is 5.89. The van der Waals surface area contributed by atoms with E-state index >= 15 is 0 Å². The van der Waals surface area contributed by atoms with E-state index in [0.29, 0.717) is 17.4 Å². The molecule has 0 saturated heterocycles. The molecule has 0 heterocycles. The first-order chi connectivity index (χ1) is 19.9. The number of aliphatic hydroxyl groups is 2. The SMILES string of the molecule is COC(C)(C)CCC[C@@](C)(O)[C@H]1CC[C@]2(C)[C@@H]1[C@H](O)C[C@@H]1[C@@]3(C)CC[C@H](OC(=O)c4ccccc4)C(C)(C)[C@@H]3CC[C@]12C. The summed E-state index contributed by atoms with van der Waals surface area (Å²) >= 11 is 0. The molecular formula is C38H60O5. The standard InChI is InChI=1S/C38H60O5/c1-33(2,42-9)19-13-20-38(8,41)26-16-22-37(7)31(26)27(39)24-29-35(5)21-18-30(43-32(40)25-14-11-10-12-15-25)34(3,4)28(35)17-23-36(29,37)6/h10-12,14-15,26-31,39,41H,13,16-24H2,1-9H3/t26-,27+,28-,29+,30-,31-,35-,36+,37+,38+/m0/s1. The van der Waals surface area contributed by atoms with Gasteiger partial charge in [-0.2, -0.15) is 0 Å². The van der Waals surface area contributed by atoms with Crippen LogP contribution >= 0.6 is 0 Å². The summed E-state index contributed by atoms with van der Waals surface area (Å²) in [6, 6.07) is 9.37. The zero-order valence-corrected chi connectivity index (χ0v) is 28.5. The number of methoxy groups -OCH3 is 1. The first-order valence-electron chi connectivity index (χ1n) is 17.1. The van der Waals surface area contributed by atoms with Crippen molar-refractivity contribution >= 4 is 5.97 Å². The first-order valence-corrected chi connectivity index (χ1v) is 17.1. The molecule has 1 aromatic rings. The van der Waals surface area contributed by atoms with Gasteiger partial charge in [0.25, 0.3) is 0 Å². The average molecular weight is 597 g/mol. The fourth-order valence-corrected chi connectivity index (χ4v) is 11.6. The summed E-state index contributed by atoms with van der Waals surface area (Å²) in [5.74, 6) is 0.797. The van der Waals surface area contributed by atoms with E-state index < -0.39 is 11.7 Å². The normalized spacial score (nSPS) is 41.8. The van der Waals surface area contributed by atoms with Gasteiger partial charge in [-0.3, -0.25) is 0 Å². The molecular weight excluding hydrogens is 536 g/mol. The zero-order valence-electron chi connectivity index (χ0n) is 28.5. The van der Waals surface area contributed by atoms with E-state index in [-0.39, 0.29) is 51.2 Å². The predicted molar refractivity (Wildman–Crippen MR) is 172 cm³/mol. The summed E-state index contributed by atoms with van der Waals surface area (Å²) in [6.07, 6.45) is 8.98. The molecule has 4 saturated carbocycles. The highest BCUT2D eigenvalue weighted by atomic mass is 16.5. The van der Waals surface area contributed by atoms with Crippen LogP contribution in [0.25, 0.3) is 0 Å². The van der Waals surface area contributed by atoms with Crippen LogP contribution in [-0.4, -0.2) is 46.7 Å². The van der Waals surface area contributed by atoms with Gasteiger partial charge < -0.3 is 19.7 Å². The number of hydrogen-bond acceptors (Lipinski definition) is 5. The highest BCUT2D eigenvalue weighted by Crippen LogP contribution is 2.76. The maximum Gasteiger partial charge on any atom is 0.338 e. The van der Waals surface area contributed by atoms with Crippen LogP contribution in [0.2, 0.25) is 0 Å². The van der Waals surface area contributed by atoms with Gasteiger partial charge in [-0.05, 0) is 137 Å². The van der Waals surface area contributed by atoms with E-state index in [4.69, 9.17) is 9.47 Å². The third-order valence-electron chi connectivity index (χ3n) is 14.4. The Morgan fingerprint density at radius 2 is 1.56 bits per heavy atom. The molecule has 1 aromatic carbocycles. The molecule has 0 bridgehead atoms. The van der Waals surface area contributed by atoms with Crippen molar-refractivity contribution in [2.75, 3.05) is 7.11 Å². The van der Waals surface area contributed by atoms with E-state index in [9.17, 15) is 15.0 Å². The maximum absolute atomic E-state index is 13.1. The second-order valence-corrected chi connectivity index (χ2v) is 17.3. The summed E-state index contributed by atoms with van der Waals surface area (Å²) in [6.45, 7) is 18.4. The fraction of sp³-hybridized carbons (Fsp3) is 0.816. The van der Waals surface area contributed by atoms with Crippen LogP contribution in [0.4, 0.5) is 0 Å². The minimum absolute atomic E-state index is 0.0233.